The lowest BCUT2D eigenvalue weighted by Gasteiger charge is -2.32. The number of rotatable bonds is 4. The van der Waals surface area contributed by atoms with Crippen molar-refractivity contribution in [3.05, 3.63) is 0 Å². The molecule has 0 unspecified atom stereocenters. The SMILES string of the molecule is CCC(C)(C)CN[C@@H]1CCCC[C@H]1O. The fourth-order valence-corrected chi connectivity index (χ4v) is 1.88. The summed E-state index contributed by atoms with van der Waals surface area (Å²) in [5.41, 5.74) is 0.358. The molecule has 0 bridgehead atoms. The van der Waals surface area contributed by atoms with Gasteiger partial charge >= 0.3 is 0 Å². The maximum absolute atomic E-state index is 9.78. The van der Waals surface area contributed by atoms with Crippen LogP contribution in [0.4, 0.5) is 0 Å². The van der Waals surface area contributed by atoms with E-state index in [0.29, 0.717) is 11.5 Å². The molecule has 1 fully saturated rings. The van der Waals surface area contributed by atoms with Crippen LogP contribution in [-0.2, 0) is 0 Å². The molecule has 1 rings (SSSR count). The van der Waals surface area contributed by atoms with Gasteiger partial charge in [0.25, 0.3) is 0 Å². The zero-order valence-electron chi connectivity index (χ0n) is 9.84. The van der Waals surface area contributed by atoms with Crippen LogP contribution in [0.15, 0.2) is 0 Å². The Labute approximate surface area is 88.1 Å². The summed E-state index contributed by atoms with van der Waals surface area (Å²) >= 11 is 0. The van der Waals surface area contributed by atoms with Crippen LogP contribution in [-0.4, -0.2) is 23.8 Å². The molecule has 0 saturated heterocycles. The summed E-state index contributed by atoms with van der Waals surface area (Å²) in [6, 6.07) is 0.342. The molecular weight excluding hydrogens is 174 g/mol. The Morgan fingerprint density at radius 1 is 1.29 bits per heavy atom. The Morgan fingerprint density at radius 3 is 2.50 bits per heavy atom. The van der Waals surface area contributed by atoms with E-state index in [2.05, 4.69) is 26.1 Å². The first kappa shape index (κ1) is 12.0. The Kier molecular flexibility index (Phi) is 4.39. The highest BCUT2D eigenvalue weighted by atomic mass is 16.3. The van der Waals surface area contributed by atoms with Crippen LogP contribution in [0.2, 0.25) is 0 Å². The molecule has 1 aliphatic rings. The van der Waals surface area contributed by atoms with E-state index < -0.39 is 0 Å². The quantitative estimate of drug-likeness (QED) is 0.728. The van der Waals surface area contributed by atoms with E-state index in [1.165, 1.54) is 19.3 Å². The fraction of sp³-hybridized carbons (Fsp3) is 1.00. The normalized spacial score (nSPS) is 29.1. The van der Waals surface area contributed by atoms with Crippen molar-refractivity contribution in [1.82, 2.24) is 5.32 Å². The average molecular weight is 199 g/mol. The van der Waals surface area contributed by atoms with E-state index in [1.807, 2.05) is 0 Å². The summed E-state index contributed by atoms with van der Waals surface area (Å²) in [4.78, 5) is 0. The Morgan fingerprint density at radius 2 is 1.93 bits per heavy atom. The van der Waals surface area contributed by atoms with Crippen molar-refractivity contribution in [1.29, 1.82) is 0 Å². The van der Waals surface area contributed by atoms with Gasteiger partial charge in [0, 0.05) is 12.6 Å². The van der Waals surface area contributed by atoms with Crippen molar-refractivity contribution in [2.75, 3.05) is 6.54 Å². The summed E-state index contributed by atoms with van der Waals surface area (Å²) in [6.45, 7) is 7.79. The highest BCUT2D eigenvalue weighted by Gasteiger charge is 2.24. The molecule has 2 atom stereocenters. The summed E-state index contributed by atoms with van der Waals surface area (Å²) in [5, 5.41) is 13.3. The van der Waals surface area contributed by atoms with Crippen LogP contribution in [0, 0.1) is 5.41 Å². The predicted octanol–water partition coefficient (Wildman–Crippen LogP) is 2.32. The second kappa shape index (κ2) is 5.13. The first-order valence-corrected chi connectivity index (χ1v) is 5.96. The lowest BCUT2D eigenvalue weighted by molar-refractivity contribution is 0.0850. The molecular formula is C12H25NO. The molecule has 0 aliphatic heterocycles. The zero-order chi connectivity index (χ0) is 10.6. The van der Waals surface area contributed by atoms with E-state index >= 15 is 0 Å². The maximum atomic E-state index is 9.78. The van der Waals surface area contributed by atoms with Crippen molar-refractivity contribution >= 4 is 0 Å². The van der Waals surface area contributed by atoms with Gasteiger partial charge in [0.15, 0.2) is 0 Å². The molecule has 0 aromatic rings. The Bertz CT molecular complexity index is 168. The standard InChI is InChI=1S/C12H25NO/c1-4-12(2,3)9-13-10-7-5-6-8-11(10)14/h10-11,13-14H,4-9H2,1-3H3/t10-,11-/m1/s1. The van der Waals surface area contributed by atoms with E-state index in [-0.39, 0.29) is 6.10 Å². The molecule has 0 aromatic heterocycles. The van der Waals surface area contributed by atoms with Crippen LogP contribution in [0.25, 0.3) is 0 Å². The van der Waals surface area contributed by atoms with Gasteiger partial charge in [-0.15, -0.1) is 0 Å². The van der Waals surface area contributed by atoms with Crippen LogP contribution < -0.4 is 5.32 Å². The first-order valence-electron chi connectivity index (χ1n) is 5.96. The number of hydrogen-bond donors (Lipinski definition) is 2. The monoisotopic (exact) mass is 199 g/mol. The first-order chi connectivity index (χ1) is 6.55. The summed E-state index contributed by atoms with van der Waals surface area (Å²) in [5.74, 6) is 0. The molecule has 0 spiro atoms. The lowest BCUT2D eigenvalue weighted by Crippen LogP contribution is -2.45. The lowest BCUT2D eigenvalue weighted by atomic mass is 9.88. The highest BCUT2D eigenvalue weighted by Crippen LogP contribution is 2.22. The minimum Gasteiger partial charge on any atom is -0.392 e. The maximum Gasteiger partial charge on any atom is 0.0693 e. The van der Waals surface area contributed by atoms with Gasteiger partial charge in [-0.2, -0.15) is 0 Å². The highest BCUT2D eigenvalue weighted by molar-refractivity contribution is 4.82. The van der Waals surface area contributed by atoms with Crippen LogP contribution in [0.5, 0.6) is 0 Å². The van der Waals surface area contributed by atoms with Gasteiger partial charge < -0.3 is 10.4 Å². The summed E-state index contributed by atoms with van der Waals surface area (Å²) < 4.78 is 0. The second-order valence-corrected chi connectivity index (χ2v) is 5.36. The summed E-state index contributed by atoms with van der Waals surface area (Å²) in [6.07, 6.45) is 5.64. The van der Waals surface area contributed by atoms with Gasteiger partial charge in [0.1, 0.15) is 0 Å². The van der Waals surface area contributed by atoms with Gasteiger partial charge in [-0.25, -0.2) is 0 Å². The van der Waals surface area contributed by atoms with E-state index in [9.17, 15) is 5.11 Å². The zero-order valence-corrected chi connectivity index (χ0v) is 9.84. The van der Waals surface area contributed by atoms with E-state index in [4.69, 9.17) is 0 Å². The average Bonchev–Trinajstić information content (AvgIpc) is 2.17. The van der Waals surface area contributed by atoms with Gasteiger partial charge in [-0.3, -0.25) is 0 Å². The Balaban J connectivity index is 2.29. The third kappa shape index (κ3) is 3.58. The van der Waals surface area contributed by atoms with Crippen LogP contribution in [0.1, 0.15) is 52.9 Å². The van der Waals surface area contributed by atoms with Gasteiger partial charge in [-0.1, -0.05) is 33.6 Å². The summed E-state index contributed by atoms with van der Waals surface area (Å²) in [7, 11) is 0. The molecule has 1 saturated carbocycles. The number of aliphatic hydroxyl groups is 1. The van der Waals surface area contributed by atoms with Crippen molar-refractivity contribution in [3.63, 3.8) is 0 Å². The molecule has 1 aliphatic carbocycles. The number of nitrogens with one attached hydrogen (secondary N) is 1. The third-order valence-corrected chi connectivity index (χ3v) is 3.53. The van der Waals surface area contributed by atoms with Gasteiger partial charge in [-0.05, 0) is 24.7 Å². The predicted molar refractivity (Wildman–Crippen MR) is 60.3 cm³/mol. The van der Waals surface area contributed by atoms with Gasteiger partial charge in [0.05, 0.1) is 6.10 Å². The molecule has 0 heterocycles. The van der Waals surface area contributed by atoms with Gasteiger partial charge in [0.2, 0.25) is 0 Å². The molecule has 0 aromatic carbocycles. The fourth-order valence-electron chi connectivity index (χ4n) is 1.88. The number of aliphatic hydroxyl groups excluding tert-OH is 1. The number of hydrogen-bond acceptors (Lipinski definition) is 2. The molecule has 14 heavy (non-hydrogen) atoms. The molecule has 2 heteroatoms. The Hall–Kier alpha value is -0.0800. The molecule has 0 amide bonds. The third-order valence-electron chi connectivity index (χ3n) is 3.53. The molecule has 0 radical (unpaired) electrons. The minimum absolute atomic E-state index is 0.114. The minimum atomic E-state index is -0.114. The van der Waals surface area contributed by atoms with Crippen LogP contribution >= 0.6 is 0 Å². The smallest absolute Gasteiger partial charge is 0.0693 e. The molecule has 2 nitrogen and oxygen atoms in total. The molecule has 2 N–H and O–H groups in total. The largest absolute Gasteiger partial charge is 0.392 e. The van der Waals surface area contributed by atoms with Crippen molar-refractivity contribution in [2.45, 2.75) is 65.0 Å². The van der Waals surface area contributed by atoms with Crippen molar-refractivity contribution in [2.24, 2.45) is 5.41 Å². The van der Waals surface area contributed by atoms with E-state index in [0.717, 1.165) is 19.4 Å². The van der Waals surface area contributed by atoms with Crippen molar-refractivity contribution < 1.29 is 5.11 Å². The van der Waals surface area contributed by atoms with Crippen LogP contribution in [0.3, 0.4) is 0 Å². The molecule has 84 valence electrons. The topological polar surface area (TPSA) is 32.3 Å². The van der Waals surface area contributed by atoms with Crippen molar-refractivity contribution in [3.8, 4) is 0 Å². The van der Waals surface area contributed by atoms with E-state index in [1.54, 1.807) is 0 Å². The second-order valence-electron chi connectivity index (χ2n) is 5.36.